The Labute approximate surface area is 190 Å². The molecule has 0 radical (unpaired) electrons. The van der Waals surface area contributed by atoms with E-state index in [0.29, 0.717) is 27.7 Å². The number of hydrogen-bond donors (Lipinski definition) is 2. The van der Waals surface area contributed by atoms with Crippen LogP contribution in [0.1, 0.15) is 22.6 Å². The predicted molar refractivity (Wildman–Crippen MR) is 124 cm³/mol. The maximum Gasteiger partial charge on any atom is 0.262 e. The molecule has 31 heavy (non-hydrogen) atoms. The second-order valence-corrected chi connectivity index (χ2v) is 10.0. The van der Waals surface area contributed by atoms with E-state index in [-0.39, 0.29) is 16.6 Å². The van der Waals surface area contributed by atoms with Crippen LogP contribution in [0, 0.1) is 20.8 Å². The highest BCUT2D eigenvalue weighted by atomic mass is 35.5. The summed E-state index contributed by atoms with van der Waals surface area (Å²) in [6, 6.07) is 11.1. The van der Waals surface area contributed by atoms with E-state index in [1.54, 1.807) is 43.3 Å². The van der Waals surface area contributed by atoms with Crippen molar-refractivity contribution in [3.05, 3.63) is 70.1 Å². The van der Waals surface area contributed by atoms with Crippen molar-refractivity contribution in [3.63, 3.8) is 0 Å². The number of rotatable bonds is 8. The summed E-state index contributed by atoms with van der Waals surface area (Å²) in [5.74, 6) is 1.33. The molecule has 2 aromatic carbocycles. The number of anilines is 2. The van der Waals surface area contributed by atoms with Crippen LogP contribution in [0.2, 0.25) is 5.02 Å². The first-order valence-corrected chi connectivity index (χ1v) is 12.4. The number of sulfonamides is 1. The van der Waals surface area contributed by atoms with Gasteiger partial charge in [0.25, 0.3) is 10.0 Å². The zero-order valence-corrected chi connectivity index (χ0v) is 19.6. The topological polar surface area (TPSA) is 101 Å². The first-order valence-electron chi connectivity index (χ1n) is 9.34. The first-order chi connectivity index (χ1) is 14.7. The molecule has 0 saturated heterocycles. The Hall–Kier alpha value is -2.49. The summed E-state index contributed by atoms with van der Waals surface area (Å²) in [5.41, 5.74) is 3.16. The van der Waals surface area contributed by atoms with E-state index in [9.17, 15) is 13.2 Å². The first kappa shape index (κ1) is 23.2. The maximum absolute atomic E-state index is 12.8. The van der Waals surface area contributed by atoms with Gasteiger partial charge in [-0.25, -0.2) is 8.42 Å². The number of nitrogens with zero attached hydrogens (tertiary/aromatic N) is 1. The predicted octanol–water partition coefficient (Wildman–Crippen LogP) is 4.93. The molecule has 1 amide bonds. The Bertz CT molecular complexity index is 1170. The van der Waals surface area contributed by atoms with Gasteiger partial charge in [-0.1, -0.05) is 22.8 Å². The fraction of sp³-hybridized carbons (Fsp3) is 0.238. The molecule has 0 saturated carbocycles. The van der Waals surface area contributed by atoms with Crippen molar-refractivity contribution in [1.82, 2.24) is 5.16 Å². The average molecular weight is 480 g/mol. The summed E-state index contributed by atoms with van der Waals surface area (Å²) < 4.78 is 33.3. The van der Waals surface area contributed by atoms with Crippen LogP contribution in [0.25, 0.3) is 0 Å². The molecule has 0 fully saturated rings. The molecule has 3 rings (SSSR count). The third-order valence-electron chi connectivity index (χ3n) is 4.52. The van der Waals surface area contributed by atoms with E-state index < -0.39 is 10.0 Å². The van der Waals surface area contributed by atoms with Gasteiger partial charge < -0.3 is 9.84 Å². The van der Waals surface area contributed by atoms with Crippen LogP contribution in [-0.2, 0) is 20.6 Å². The molecule has 0 atom stereocenters. The molecule has 7 nitrogen and oxygen atoms in total. The van der Waals surface area contributed by atoms with Crippen LogP contribution in [0.5, 0.6) is 0 Å². The molecule has 2 N–H and O–H groups in total. The minimum Gasteiger partial charge on any atom is -0.361 e. The van der Waals surface area contributed by atoms with E-state index in [2.05, 4.69) is 15.2 Å². The quantitative estimate of drug-likeness (QED) is 0.475. The number of halogens is 1. The van der Waals surface area contributed by atoms with Gasteiger partial charge in [0, 0.05) is 27.7 Å². The SMILES string of the molecule is Cc1ccc(NC(=O)CSCc2c(C)noc2C)cc1S(=O)(=O)Nc1ccc(Cl)cc1. The lowest BCUT2D eigenvalue weighted by molar-refractivity contribution is -0.113. The van der Waals surface area contributed by atoms with Crippen LogP contribution >= 0.6 is 23.4 Å². The third-order valence-corrected chi connectivity index (χ3v) is 7.25. The molecule has 0 bridgehead atoms. The lowest BCUT2D eigenvalue weighted by Crippen LogP contribution is -2.17. The molecular weight excluding hydrogens is 458 g/mol. The maximum atomic E-state index is 12.8. The summed E-state index contributed by atoms with van der Waals surface area (Å²) in [6.07, 6.45) is 0. The normalized spacial score (nSPS) is 11.4. The van der Waals surface area contributed by atoms with E-state index in [0.717, 1.165) is 17.0 Å². The number of benzene rings is 2. The number of nitrogens with one attached hydrogen (secondary N) is 2. The molecule has 3 aromatic rings. The van der Waals surface area contributed by atoms with Crippen molar-refractivity contribution < 1.29 is 17.7 Å². The van der Waals surface area contributed by atoms with Crippen LogP contribution in [0.15, 0.2) is 51.9 Å². The summed E-state index contributed by atoms with van der Waals surface area (Å²) in [7, 11) is -3.84. The zero-order valence-electron chi connectivity index (χ0n) is 17.2. The lowest BCUT2D eigenvalue weighted by atomic mass is 10.2. The molecule has 1 heterocycles. The van der Waals surface area contributed by atoms with Crippen molar-refractivity contribution in [1.29, 1.82) is 0 Å². The second-order valence-electron chi connectivity index (χ2n) is 6.94. The Morgan fingerprint density at radius 3 is 2.42 bits per heavy atom. The summed E-state index contributed by atoms with van der Waals surface area (Å²) in [4.78, 5) is 12.4. The van der Waals surface area contributed by atoms with Crippen LogP contribution in [0.4, 0.5) is 11.4 Å². The monoisotopic (exact) mass is 479 g/mol. The largest absolute Gasteiger partial charge is 0.361 e. The minimum absolute atomic E-state index is 0.0867. The van der Waals surface area contributed by atoms with Crippen LogP contribution in [0.3, 0.4) is 0 Å². The van der Waals surface area contributed by atoms with Gasteiger partial charge >= 0.3 is 0 Å². The smallest absolute Gasteiger partial charge is 0.262 e. The lowest BCUT2D eigenvalue weighted by Gasteiger charge is -2.13. The number of thioether (sulfide) groups is 1. The highest BCUT2D eigenvalue weighted by Crippen LogP contribution is 2.24. The summed E-state index contributed by atoms with van der Waals surface area (Å²) >= 11 is 7.28. The van der Waals surface area contributed by atoms with E-state index in [1.807, 2.05) is 13.8 Å². The van der Waals surface area contributed by atoms with Crippen LogP contribution < -0.4 is 10.0 Å². The fourth-order valence-corrected chi connectivity index (χ4v) is 5.28. The Morgan fingerprint density at radius 1 is 1.10 bits per heavy atom. The van der Waals surface area contributed by atoms with Gasteiger partial charge in [0.05, 0.1) is 16.3 Å². The number of hydrogen-bond acceptors (Lipinski definition) is 6. The van der Waals surface area contributed by atoms with Crippen molar-refractivity contribution in [2.45, 2.75) is 31.4 Å². The van der Waals surface area contributed by atoms with Crippen molar-refractivity contribution in [2.24, 2.45) is 0 Å². The fourth-order valence-electron chi connectivity index (χ4n) is 2.85. The number of aryl methyl sites for hydroxylation is 3. The van der Waals surface area contributed by atoms with Crippen molar-refractivity contribution in [3.8, 4) is 0 Å². The van der Waals surface area contributed by atoms with Crippen molar-refractivity contribution >= 4 is 50.7 Å². The summed E-state index contributed by atoms with van der Waals surface area (Å²) in [6.45, 7) is 5.39. The van der Waals surface area contributed by atoms with Gasteiger partial charge in [0.15, 0.2) is 0 Å². The standard InChI is InChI=1S/C21H22ClN3O4S2/c1-13-4-7-18(23-21(26)12-30-11-19-14(2)24-29-15(19)3)10-20(13)31(27,28)25-17-8-5-16(22)6-9-17/h4-10,25H,11-12H2,1-3H3,(H,23,26). The number of carbonyl (C=O) groups excluding carboxylic acids is 1. The Morgan fingerprint density at radius 2 is 1.77 bits per heavy atom. The van der Waals surface area contributed by atoms with E-state index >= 15 is 0 Å². The average Bonchev–Trinajstić information content (AvgIpc) is 3.03. The van der Waals surface area contributed by atoms with Crippen LogP contribution in [-0.4, -0.2) is 25.2 Å². The molecule has 0 spiro atoms. The number of carbonyl (C=O) groups is 1. The van der Waals surface area contributed by atoms with Gasteiger partial charge in [-0.2, -0.15) is 0 Å². The zero-order chi connectivity index (χ0) is 22.6. The van der Waals surface area contributed by atoms with Gasteiger partial charge in [-0.3, -0.25) is 9.52 Å². The second kappa shape index (κ2) is 9.76. The Kier molecular flexibility index (Phi) is 7.30. The van der Waals surface area contributed by atoms with Gasteiger partial charge in [-0.15, -0.1) is 11.8 Å². The Balaban J connectivity index is 1.65. The van der Waals surface area contributed by atoms with Gasteiger partial charge in [0.2, 0.25) is 5.91 Å². The van der Waals surface area contributed by atoms with Gasteiger partial charge in [-0.05, 0) is 62.7 Å². The highest BCUT2D eigenvalue weighted by molar-refractivity contribution is 7.99. The van der Waals surface area contributed by atoms with Gasteiger partial charge in [0.1, 0.15) is 5.76 Å². The molecular formula is C21H22ClN3O4S2. The molecule has 1 aromatic heterocycles. The molecule has 0 aliphatic rings. The molecule has 0 unspecified atom stereocenters. The van der Waals surface area contributed by atoms with Crippen molar-refractivity contribution in [2.75, 3.05) is 15.8 Å². The minimum atomic E-state index is -3.84. The number of amides is 1. The molecule has 164 valence electrons. The van der Waals surface area contributed by atoms with E-state index in [1.165, 1.54) is 17.8 Å². The molecule has 0 aliphatic heterocycles. The molecule has 0 aliphatic carbocycles. The number of aromatic nitrogens is 1. The molecule has 10 heteroatoms. The van der Waals surface area contributed by atoms with E-state index in [4.69, 9.17) is 16.1 Å². The summed E-state index contributed by atoms with van der Waals surface area (Å²) in [5, 5.41) is 7.16. The third kappa shape index (κ3) is 6.03. The highest BCUT2D eigenvalue weighted by Gasteiger charge is 2.18.